The van der Waals surface area contributed by atoms with Crippen LogP contribution in [0.15, 0.2) is 30.9 Å². The van der Waals surface area contributed by atoms with Crippen molar-refractivity contribution in [2.75, 3.05) is 0 Å². The molecule has 2 fully saturated rings. The molecule has 6 nitrogen and oxygen atoms in total. The van der Waals surface area contributed by atoms with Crippen LogP contribution in [-0.4, -0.2) is 40.6 Å². The van der Waals surface area contributed by atoms with E-state index >= 15 is 0 Å². The van der Waals surface area contributed by atoms with Crippen molar-refractivity contribution in [1.29, 1.82) is 0 Å². The smallest absolute Gasteiger partial charge is 0.243 e. The van der Waals surface area contributed by atoms with Gasteiger partial charge in [-0.3, -0.25) is 9.59 Å². The minimum absolute atomic E-state index is 0.0624. The van der Waals surface area contributed by atoms with E-state index in [9.17, 15) is 9.59 Å². The van der Waals surface area contributed by atoms with Gasteiger partial charge >= 0.3 is 0 Å². The minimum Gasteiger partial charge on any atom is -0.366 e. The van der Waals surface area contributed by atoms with Crippen molar-refractivity contribution in [2.24, 2.45) is 0 Å². The van der Waals surface area contributed by atoms with Gasteiger partial charge in [0.25, 0.3) is 0 Å². The van der Waals surface area contributed by atoms with Crippen LogP contribution in [0.25, 0.3) is 10.9 Å². The van der Waals surface area contributed by atoms with Crippen LogP contribution in [0.5, 0.6) is 0 Å². The van der Waals surface area contributed by atoms with Crippen LogP contribution in [0.2, 0.25) is 0 Å². The van der Waals surface area contributed by atoms with E-state index in [0.29, 0.717) is 6.42 Å². The first-order valence-electron chi connectivity index (χ1n) is 10.6. The number of aromatic nitrogens is 1. The molecule has 6 heteroatoms. The number of ether oxygens (including phenoxy) is 1. The van der Waals surface area contributed by atoms with E-state index in [2.05, 4.69) is 68.1 Å². The number of nitrogens with one attached hydrogen (secondary N) is 3. The summed E-state index contributed by atoms with van der Waals surface area (Å²) >= 11 is 0. The molecule has 2 aliphatic heterocycles. The molecule has 2 aromatic rings. The van der Waals surface area contributed by atoms with Crippen LogP contribution in [0.3, 0.4) is 0 Å². The van der Waals surface area contributed by atoms with E-state index < -0.39 is 12.1 Å². The Labute approximate surface area is 177 Å². The maximum absolute atomic E-state index is 12.6. The summed E-state index contributed by atoms with van der Waals surface area (Å²) in [4.78, 5) is 28.3. The Hall–Kier alpha value is -2.60. The van der Waals surface area contributed by atoms with E-state index in [-0.39, 0.29) is 28.9 Å². The summed E-state index contributed by atoms with van der Waals surface area (Å²) in [5, 5.41) is 6.72. The molecule has 0 bridgehead atoms. The number of aromatic amines is 1. The zero-order chi connectivity index (χ0) is 21.8. The number of carbonyl (C=O) groups is 2. The van der Waals surface area contributed by atoms with Gasteiger partial charge in [0, 0.05) is 34.9 Å². The number of carbonyl (C=O) groups excluding carboxylic acids is 2. The number of fused-ring (bicyclic) bond motifs is 1. The number of amides is 2. The number of benzene rings is 1. The number of epoxide rings is 1. The third kappa shape index (κ3) is 3.65. The predicted octanol–water partition coefficient (Wildman–Crippen LogP) is 2.90. The lowest BCUT2D eigenvalue weighted by molar-refractivity contribution is -0.136. The molecular weight excluding hydrogens is 378 g/mol. The van der Waals surface area contributed by atoms with Crippen molar-refractivity contribution < 1.29 is 14.3 Å². The standard InChI is InChI=1S/C24H31N3O3/c1-7-23(3,4)20-16(12-18-22(29)25-13(2)21(28)27-18)15-10-14(8-9-17(15)26-20)11-19-24(5,6)30-19/h7-10,13,18-19,26H,1,11-12H2,2-6H3,(H,25,29)(H,27,28)/t13-,18-,19-/m0/s1. The van der Waals surface area contributed by atoms with Crippen LogP contribution < -0.4 is 10.6 Å². The zero-order valence-corrected chi connectivity index (χ0v) is 18.4. The van der Waals surface area contributed by atoms with Gasteiger partial charge in [-0.2, -0.15) is 0 Å². The Morgan fingerprint density at radius 1 is 1.17 bits per heavy atom. The van der Waals surface area contributed by atoms with Gasteiger partial charge in [0.05, 0.1) is 11.7 Å². The molecule has 0 saturated carbocycles. The Morgan fingerprint density at radius 2 is 1.87 bits per heavy atom. The molecule has 4 rings (SSSR count). The Bertz CT molecular complexity index is 1030. The second-order valence-electron chi connectivity index (χ2n) is 9.69. The molecule has 2 amide bonds. The number of allylic oxidation sites excluding steroid dienone is 1. The SMILES string of the molecule is C=CC(C)(C)c1[nH]c2ccc(C[C@@H]3OC3(C)C)cc2c1C[C@@H]1NC(=O)[C@H](C)NC1=O. The van der Waals surface area contributed by atoms with Gasteiger partial charge in [-0.25, -0.2) is 0 Å². The van der Waals surface area contributed by atoms with Gasteiger partial charge in [-0.15, -0.1) is 6.58 Å². The largest absolute Gasteiger partial charge is 0.366 e. The summed E-state index contributed by atoms with van der Waals surface area (Å²) in [6, 6.07) is 5.30. The topological polar surface area (TPSA) is 86.5 Å². The molecule has 3 heterocycles. The number of rotatable bonds is 6. The van der Waals surface area contributed by atoms with Gasteiger partial charge in [0.15, 0.2) is 0 Å². The number of hydrogen-bond donors (Lipinski definition) is 3. The van der Waals surface area contributed by atoms with E-state index in [1.165, 1.54) is 5.56 Å². The lowest BCUT2D eigenvalue weighted by atomic mass is 9.84. The van der Waals surface area contributed by atoms with Crippen LogP contribution in [0.1, 0.15) is 51.4 Å². The monoisotopic (exact) mass is 409 g/mol. The van der Waals surface area contributed by atoms with Crippen molar-refractivity contribution in [3.8, 4) is 0 Å². The third-order valence-electron chi connectivity index (χ3n) is 6.50. The Balaban J connectivity index is 1.74. The number of H-pyrrole nitrogens is 1. The van der Waals surface area contributed by atoms with Crippen molar-refractivity contribution in [3.63, 3.8) is 0 Å². The van der Waals surface area contributed by atoms with Gasteiger partial charge in [0.1, 0.15) is 12.1 Å². The quantitative estimate of drug-likeness (QED) is 0.506. The first-order valence-corrected chi connectivity index (χ1v) is 10.6. The minimum atomic E-state index is -0.596. The average molecular weight is 410 g/mol. The highest BCUT2D eigenvalue weighted by atomic mass is 16.6. The molecule has 160 valence electrons. The summed E-state index contributed by atoms with van der Waals surface area (Å²) in [5.41, 5.74) is 3.92. The fraction of sp³-hybridized carbons (Fsp3) is 0.500. The molecule has 1 aromatic heterocycles. The van der Waals surface area contributed by atoms with E-state index in [0.717, 1.165) is 28.6 Å². The zero-order valence-electron chi connectivity index (χ0n) is 18.4. The summed E-state index contributed by atoms with van der Waals surface area (Å²) in [7, 11) is 0. The molecule has 2 aliphatic rings. The normalized spacial score (nSPS) is 25.7. The molecule has 2 saturated heterocycles. The number of hydrogen-bond acceptors (Lipinski definition) is 3. The van der Waals surface area contributed by atoms with Gasteiger partial charge in [0.2, 0.25) is 11.8 Å². The second kappa shape index (κ2) is 6.98. The van der Waals surface area contributed by atoms with E-state index in [1.807, 2.05) is 6.08 Å². The molecule has 0 spiro atoms. The summed E-state index contributed by atoms with van der Waals surface area (Å²) in [6.07, 6.45) is 3.41. The van der Waals surface area contributed by atoms with Crippen molar-refractivity contribution >= 4 is 22.7 Å². The predicted molar refractivity (Wildman–Crippen MR) is 117 cm³/mol. The highest BCUT2D eigenvalue weighted by Gasteiger charge is 2.47. The third-order valence-corrected chi connectivity index (χ3v) is 6.50. The lowest BCUT2D eigenvalue weighted by Gasteiger charge is -2.29. The van der Waals surface area contributed by atoms with Gasteiger partial charge < -0.3 is 20.4 Å². The molecular formula is C24H31N3O3. The van der Waals surface area contributed by atoms with Crippen LogP contribution >= 0.6 is 0 Å². The van der Waals surface area contributed by atoms with E-state index in [1.54, 1.807) is 6.92 Å². The fourth-order valence-electron chi connectivity index (χ4n) is 4.21. The van der Waals surface area contributed by atoms with Crippen molar-refractivity contribution in [3.05, 3.63) is 47.7 Å². The highest BCUT2D eigenvalue weighted by Crippen LogP contribution is 2.39. The second-order valence-corrected chi connectivity index (χ2v) is 9.69. The van der Waals surface area contributed by atoms with Gasteiger partial charge in [-0.1, -0.05) is 26.0 Å². The van der Waals surface area contributed by atoms with Crippen LogP contribution in [0, 0.1) is 0 Å². The molecule has 3 N–H and O–H groups in total. The fourth-order valence-corrected chi connectivity index (χ4v) is 4.21. The average Bonchev–Trinajstić information content (AvgIpc) is 3.11. The van der Waals surface area contributed by atoms with E-state index in [4.69, 9.17) is 4.74 Å². The molecule has 1 aromatic carbocycles. The molecule has 3 atom stereocenters. The molecule has 0 aliphatic carbocycles. The van der Waals surface area contributed by atoms with Crippen LogP contribution in [-0.2, 0) is 32.6 Å². The first kappa shape index (κ1) is 20.7. The highest BCUT2D eigenvalue weighted by molar-refractivity contribution is 5.97. The Kier molecular flexibility index (Phi) is 4.81. The van der Waals surface area contributed by atoms with Crippen molar-refractivity contribution in [1.82, 2.24) is 15.6 Å². The Morgan fingerprint density at radius 3 is 2.50 bits per heavy atom. The summed E-state index contributed by atoms with van der Waals surface area (Å²) in [6.45, 7) is 14.1. The molecule has 0 unspecified atom stereocenters. The molecule has 30 heavy (non-hydrogen) atoms. The van der Waals surface area contributed by atoms with Gasteiger partial charge in [-0.05, 0) is 44.0 Å². The number of piperazine rings is 1. The summed E-state index contributed by atoms with van der Waals surface area (Å²) in [5.74, 6) is -0.305. The van der Waals surface area contributed by atoms with Crippen LogP contribution in [0.4, 0.5) is 0 Å². The first-order chi connectivity index (χ1) is 14.0. The summed E-state index contributed by atoms with van der Waals surface area (Å²) < 4.78 is 5.76. The lowest BCUT2D eigenvalue weighted by Crippen LogP contribution is -2.61. The maximum atomic E-state index is 12.6. The molecule has 0 radical (unpaired) electrons. The van der Waals surface area contributed by atoms with Crippen molar-refractivity contribution in [2.45, 2.75) is 76.7 Å². The maximum Gasteiger partial charge on any atom is 0.243 e.